The van der Waals surface area contributed by atoms with Gasteiger partial charge in [0.1, 0.15) is 11.4 Å². The topological polar surface area (TPSA) is 68.1 Å². The van der Waals surface area contributed by atoms with E-state index in [1.165, 1.54) is 0 Å². The Morgan fingerprint density at radius 2 is 2.00 bits per heavy atom. The van der Waals surface area contributed by atoms with Crippen molar-refractivity contribution < 1.29 is 4.79 Å². The maximum Gasteiger partial charge on any atom is 0.294 e. The van der Waals surface area contributed by atoms with Gasteiger partial charge < -0.3 is 0 Å². The van der Waals surface area contributed by atoms with Gasteiger partial charge in [-0.2, -0.15) is 10.1 Å². The molecule has 0 bridgehead atoms. The number of fused-ring (bicyclic) bond motifs is 6. The Morgan fingerprint density at radius 1 is 1.24 bits per heavy atom. The lowest BCUT2D eigenvalue weighted by Crippen LogP contribution is -2.51. The summed E-state index contributed by atoms with van der Waals surface area (Å²) in [6, 6.07) is 7.53. The number of para-hydroxylation sites is 1. The van der Waals surface area contributed by atoms with Crippen LogP contribution in [-0.2, 0) is 10.5 Å². The average molecular weight is 282 g/mol. The molecule has 4 rings (SSSR count). The van der Waals surface area contributed by atoms with E-state index in [9.17, 15) is 9.59 Å². The molecule has 1 aromatic heterocycles. The lowest BCUT2D eigenvalue weighted by atomic mass is 10.0. The van der Waals surface area contributed by atoms with Gasteiger partial charge in [-0.15, -0.1) is 0 Å². The highest BCUT2D eigenvalue weighted by Crippen LogP contribution is 2.47. The molecule has 1 aromatic carbocycles. The lowest BCUT2D eigenvalue weighted by molar-refractivity contribution is -0.117. The Balaban J connectivity index is 2.14. The van der Waals surface area contributed by atoms with E-state index in [2.05, 4.69) is 10.1 Å². The molecule has 2 aliphatic rings. The highest BCUT2D eigenvalue weighted by Gasteiger charge is 2.49. The van der Waals surface area contributed by atoms with Gasteiger partial charge >= 0.3 is 0 Å². The fourth-order valence-corrected chi connectivity index (χ4v) is 3.26. The molecule has 3 heterocycles. The minimum absolute atomic E-state index is 0.0775. The zero-order valence-electron chi connectivity index (χ0n) is 11.8. The summed E-state index contributed by atoms with van der Waals surface area (Å²) in [5.74, 6) is 0.614. The van der Waals surface area contributed by atoms with Gasteiger partial charge in [-0.1, -0.05) is 12.1 Å². The van der Waals surface area contributed by atoms with Crippen molar-refractivity contribution in [2.24, 2.45) is 0 Å². The standard InChI is InChI=1S/C15H14N4O2/c1-9-14(21)16-13-10-5-3-4-6-11(10)18-12(20)7-8-15(18,2)19(13)17-9/h3-6H,7-8H2,1-2H3. The first-order valence-corrected chi connectivity index (χ1v) is 6.93. The molecular weight excluding hydrogens is 268 g/mol. The second-order valence-electron chi connectivity index (χ2n) is 5.70. The van der Waals surface area contributed by atoms with Crippen LogP contribution in [0.3, 0.4) is 0 Å². The molecule has 1 fully saturated rings. The van der Waals surface area contributed by atoms with E-state index in [4.69, 9.17) is 0 Å². The van der Waals surface area contributed by atoms with Crippen LogP contribution in [0.1, 0.15) is 25.5 Å². The van der Waals surface area contributed by atoms with Crippen LogP contribution in [0.2, 0.25) is 0 Å². The number of anilines is 1. The molecule has 6 nitrogen and oxygen atoms in total. The quantitative estimate of drug-likeness (QED) is 0.733. The van der Waals surface area contributed by atoms with Gasteiger partial charge in [0, 0.05) is 18.4 Å². The third-order valence-electron chi connectivity index (χ3n) is 4.35. The number of rotatable bonds is 0. The van der Waals surface area contributed by atoms with Crippen molar-refractivity contribution in [1.29, 1.82) is 0 Å². The largest absolute Gasteiger partial charge is 0.294 e. The molecule has 0 N–H and O–H groups in total. The fourth-order valence-electron chi connectivity index (χ4n) is 3.26. The third kappa shape index (κ3) is 1.42. The van der Waals surface area contributed by atoms with Crippen LogP contribution in [0.15, 0.2) is 29.1 Å². The zero-order chi connectivity index (χ0) is 14.8. The predicted octanol–water partition coefficient (Wildman–Crippen LogP) is 1.43. The van der Waals surface area contributed by atoms with Crippen LogP contribution in [-0.4, -0.2) is 20.7 Å². The van der Waals surface area contributed by atoms with Crippen molar-refractivity contribution in [1.82, 2.24) is 14.8 Å². The van der Waals surface area contributed by atoms with E-state index in [0.717, 1.165) is 11.3 Å². The summed E-state index contributed by atoms with van der Waals surface area (Å²) in [5.41, 5.74) is 1.01. The van der Waals surface area contributed by atoms with Gasteiger partial charge in [0.15, 0.2) is 5.82 Å². The Kier molecular flexibility index (Phi) is 2.21. The van der Waals surface area contributed by atoms with Gasteiger partial charge in [0.05, 0.1) is 5.69 Å². The number of aryl methyl sites for hydroxylation is 1. The van der Waals surface area contributed by atoms with E-state index >= 15 is 0 Å². The average Bonchev–Trinajstić information content (AvgIpc) is 2.78. The van der Waals surface area contributed by atoms with Crippen molar-refractivity contribution >= 4 is 11.6 Å². The first-order chi connectivity index (χ1) is 10.0. The molecule has 1 atom stereocenters. The van der Waals surface area contributed by atoms with Gasteiger partial charge in [-0.25, -0.2) is 4.68 Å². The predicted molar refractivity (Wildman–Crippen MR) is 76.8 cm³/mol. The number of hydrogen-bond acceptors (Lipinski definition) is 4. The van der Waals surface area contributed by atoms with Crippen molar-refractivity contribution in [3.8, 4) is 11.4 Å². The minimum atomic E-state index is -0.591. The Bertz CT molecular complexity index is 842. The second-order valence-corrected chi connectivity index (χ2v) is 5.70. The van der Waals surface area contributed by atoms with Gasteiger partial charge in [-0.3, -0.25) is 14.5 Å². The molecule has 0 spiro atoms. The zero-order valence-corrected chi connectivity index (χ0v) is 11.8. The summed E-state index contributed by atoms with van der Waals surface area (Å²) in [6.45, 7) is 3.61. The Morgan fingerprint density at radius 3 is 2.81 bits per heavy atom. The lowest BCUT2D eigenvalue weighted by Gasteiger charge is -2.41. The summed E-state index contributed by atoms with van der Waals surface area (Å²) < 4.78 is 1.73. The first kappa shape index (κ1) is 12.3. The van der Waals surface area contributed by atoms with Gasteiger partial charge in [0.2, 0.25) is 5.91 Å². The Hall–Kier alpha value is -2.50. The molecular formula is C15H14N4O2. The van der Waals surface area contributed by atoms with E-state index in [1.807, 2.05) is 31.2 Å². The van der Waals surface area contributed by atoms with Crippen LogP contribution in [0.25, 0.3) is 11.4 Å². The van der Waals surface area contributed by atoms with Crippen LogP contribution in [0, 0.1) is 6.92 Å². The molecule has 1 saturated heterocycles. The summed E-state index contributed by atoms with van der Waals surface area (Å²) >= 11 is 0. The smallest absolute Gasteiger partial charge is 0.286 e. The summed E-state index contributed by atoms with van der Waals surface area (Å²) in [5, 5.41) is 4.41. The molecule has 1 amide bonds. The monoisotopic (exact) mass is 282 g/mol. The molecule has 106 valence electrons. The van der Waals surface area contributed by atoms with E-state index in [1.54, 1.807) is 16.5 Å². The number of aromatic nitrogens is 3. The number of benzene rings is 1. The van der Waals surface area contributed by atoms with E-state index in [0.29, 0.717) is 24.4 Å². The van der Waals surface area contributed by atoms with E-state index in [-0.39, 0.29) is 11.5 Å². The van der Waals surface area contributed by atoms with Crippen molar-refractivity contribution in [3.63, 3.8) is 0 Å². The maximum absolute atomic E-state index is 12.3. The van der Waals surface area contributed by atoms with Crippen LogP contribution in [0.4, 0.5) is 5.69 Å². The first-order valence-electron chi connectivity index (χ1n) is 6.93. The molecule has 21 heavy (non-hydrogen) atoms. The molecule has 1 unspecified atom stereocenters. The maximum atomic E-state index is 12.3. The molecule has 0 saturated carbocycles. The molecule has 0 aliphatic carbocycles. The number of amides is 1. The Labute approximate surface area is 121 Å². The SMILES string of the molecule is Cc1nn2c(nc1=O)-c1ccccc1N1C(=O)CCC12C. The van der Waals surface area contributed by atoms with Crippen LogP contribution in [0.5, 0.6) is 0 Å². The molecule has 0 radical (unpaired) electrons. The minimum Gasteiger partial charge on any atom is -0.286 e. The number of hydrogen-bond donors (Lipinski definition) is 0. The number of nitrogens with zero attached hydrogens (tertiary/aromatic N) is 4. The highest BCUT2D eigenvalue weighted by atomic mass is 16.2. The normalized spacial score (nSPS) is 22.8. The third-order valence-corrected chi connectivity index (χ3v) is 4.35. The van der Waals surface area contributed by atoms with Crippen LogP contribution >= 0.6 is 0 Å². The molecule has 2 aliphatic heterocycles. The van der Waals surface area contributed by atoms with Crippen molar-refractivity contribution in [2.45, 2.75) is 32.4 Å². The molecule has 6 heteroatoms. The van der Waals surface area contributed by atoms with E-state index < -0.39 is 5.66 Å². The summed E-state index contributed by atoms with van der Waals surface area (Å²) in [7, 11) is 0. The highest BCUT2D eigenvalue weighted by molar-refractivity contribution is 6.01. The number of carbonyl (C=O) groups is 1. The van der Waals surface area contributed by atoms with Gasteiger partial charge in [0.25, 0.3) is 5.56 Å². The number of carbonyl (C=O) groups excluding carboxylic acids is 1. The van der Waals surface area contributed by atoms with Crippen molar-refractivity contribution in [3.05, 3.63) is 40.3 Å². The van der Waals surface area contributed by atoms with Gasteiger partial charge in [-0.05, 0) is 26.0 Å². The second kappa shape index (κ2) is 3.78. The summed E-state index contributed by atoms with van der Waals surface area (Å²) in [4.78, 5) is 30.2. The molecule has 2 aromatic rings. The summed E-state index contributed by atoms with van der Waals surface area (Å²) in [6.07, 6.45) is 1.13. The fraction of sp³-hybridized carbons (Fsp3) is 0.333. The van der Waals surface area contributed by atoms with Crippen molar-refractivity contribution in [2.75, 3.05) is 4.90 Å². The van der Waals surface area contributed by atoms with Crippen LogP contribution < -0.4 is 10.5 Å².